The van der Waals surface area contributed by atoms with Gasteiger partial charge in [-0.15, -0.1) is 0 Å². The molecule has 3 aromatic rings. The number of hydrogen-bond donors (Lipinski definition) is 1. The first-order valence-corrected chi connectivity index (χ1v) is 9.05. The molecule has 0 aliphatic carbocycles. The Labute approximate surface area is 163 Å². The molecule has 1 atom stereocenters. The fraction of sp³-hybridized carbons (Fsp3) is 0.444. The van der Waals surface area contributed by atoms with E-state index in [4.69, 9.17) is 4.74 Å². The third-order valence-electron chi connectivity index (χ3n) is 4.78. The lowest BCUT2D eigenvalue weighted by atomic mass is 10.2. The lowest BCUT2D eigenvalue weighted by molar-refractivity contribution is -0.140. The molecule has 1 N–H and O–H groups in total. The Kier molecular flexibility index (Phi) is 4.67. The SMILES string of the molecule is Cc1nc(N2CCC(OC(=O)N(C)CC(F)(F)F)C2)c2c(cnc3[nH]ccc32)n1. The predicted octanol–water partition coefficient (Wildman–Crippen LogP) is 3.02. The number of alkyl halides is 3. The van der Waals surface area contributed by atoms with Crippen LogP contribution in [0.15, 0.2) is 18.5 Å². The number of ether oxygens (including phenoxy) is 1. The zero-order chi connectivity index (χ0) is 20.8. The van der Waals surface area contributed by atoms with Crippen LogP contribution in [0.4, 0.5) is 23.8 Å². The van der Waals surface area contributed by atoms with Crippen LogP contribution in [0.25, 0.3) is 21.9 Å². The van der Waals surface area contributed by atoms with Crippen molar-refractivity contribution in [3.8, 4) is 0 Å². The molecule has 0 bridgehead atoms. The highest BCUT2D eigenvalue weighted by molar-refractivity contribution is 6.09. The van der Waals surface area contributed by atoms with E-state index in [0.717, 1.165) is 17.8 Å². The van der Waals surface area contributed by atoms with Gasteiger partial charge in [0, 0.05) is 31.6 Å². The number of halogens is 3. The number of aromatic amines is 1. The first-order chi connectivity index (χ1) is 13.7. The van der Waals surface area contributed by atoms with E-state index in [1.165, 1.54) is 0 Å². The van der Waals surface area contributed by atoms with Crippen molar-refractivity contribution in [1.29, 1.82) is 0 Å². The number of hydrogen-bond acceptors (Lipinski definition) is 6. The number of aryl methyl sites for hydroxylation is 1. The number of fused-ring (bicyclic) bond motifs is 3. The molecule has 0 aromatic carbocycles. The zero-order valence-corrected chi connectivity index (χ0v) is 15.8. The van der Waals surface area contributed by atoms with Crippen LogP contribution in [-0.4, -0.2) is 69.9 Å². The van der Waals surface area contributed by atoms with E-state index in [1.54, 1.807) is 19.3 Å². The fourth-order valence-electron chi connectivity index (χ4n) is 3.54. The molecule has 0 radical (unpaired) electrons. The van der Waals surface area contributed by atoms with E-state index in [-0.39, 0.29) is 0 Å². The molecule has 1 fully saturated rings. The monoisotopic (exact) mass is 408 g/mol. The summed E-state index contributed by atoms with van der Waals surface area (Å²) in [6.45, 7) is 1.33. The summed E-state index contributed by atoms with van der Waals surface area (Å²) in [7, 11) is 1.07. The van der Waals surface area contributed by atoms with Crippen molar-refractivity contribution in [2.75, 3.05) is 31.6 Å². The highest BCUT2D eigenvalue weighted by Crippen LogP contribution is 2.32. The van der Waals surface area contributed by atoms with Crippen LogP contribution in [0.1, 0.15) is 12.2 Å². The molecule has 1 aliphatic rings. The number of nitrogens with one attached hydrogen (secondary N) is 1. The number of aromatic nitrogens is 4. The van der Waals surface area contributed by atoms with Crippen LogP contribution in [-0.2, 0) is 4.74 Å². The molecule has 1 unspecified atom stereocenters. The summed E-state index contributed by atoms with van der Waals surface area (Å²) < 4.78 is 42.7. The van der Waals surface area contributed by atoms with E-state index in [1.807, 2.05) is 11.0 Å². The Morgan fingerprint density at radius 3 is 2.97 bits per heavy atom. The summed E-state index contributed by atoms with van der Waals surface area (Å²) in [5.74, 6) is 1.27. The maximum atomic E-state index is 12.5. The van der Waals surface area contributed by atoms with Crippen molar-refractivity contribution < 1.29 is 22.7 Å². The van der Waals surface area contributed by atoms with Gasteiger partial charge in [-0.25, -0.2) is 19.7 Å². The van der Waals surface area contributed by atoms with Crippen LogP contribution in [0, 0.1) is 6.92 Å². The van der Waals surface area contributed by atoms with Crippen molar-refractivity contribution in [1.82, 2.24) is 24.8 Å². The molecule has 1 saturated heterocycles. The molecule has 0 spiro atoms. The number of pyridine rings is 1. The summed E-state index contributed by atoms with van der Waals surface area (Å²) in [6, 6.07) is 1.90. The van der Waals surface area contributed by atoms with Crippen LogP contribution in [0.5, 0.6) is 0 Å². The van der Waals surface area contributed by atoms with Gasteiger partial charge in [0.25, 0.3) is 0 Å². The lowest BCUT2D eigenvalue weighted by Gasteiger charge is -2.22. The number of H-pyrrole nitrogens is 1. The Morgan fingerprint density at radius 1 is 1.41 bits per heavy atom. The van der Waals surface area contributed by atoms with Gasteiger partial charge in [0.2, 0.25) is 0 Å². The topological polar surface area (TPSA) is 87.2 Å². The molecule has 1 aliphatic heterocycles. The summed E-state index contributed by atoms with van der Waals surface area (Å²) in [5.41, 5.74) is 1.41. The number of carbonyl (C=O) groups is 1. The van der Waals surface area contributed by atoms with Crippen LogP contribution < -0.4 is 4.90 Å². The second kappa shape index (κ2) is 7.05. The van der Waals surface area contributed by atoms with E-state index in [9.17, 15) is 18.0 Å². The quantitative estimate of drug-likeness (QED) is 0.717. The molecule has 0 saturated carbocycles. The zero-order valence-electron chi connectivity index (χ0n) is 15.8. The van der Waals surface area contributed by atoms with Crippen molar-refractivity contribution >= 4 is 33.8 Å². The predicted molar refractivity (Wildman–Crippen MR) is 99.7 cm³/mol. The van der Waals surface area contributed by atoms with Crippen LogP contribution in [0.3, 0.4) is 0 Å². The minimum atomic E-state index is -4.47. The molecule has 1 amide bonds. The largest absolute Gasteiger partial charge is 0.444 e. The molecule has 4 rings (SSSR count). The van der Waals surface area contributed by atoms with Gasteiger partial charge in [-0.2, -0.15) is 13.2 Å². The number of carbonyl (C=O) groups excluding carboxylic acids is 1. The Balaban J connectivity index is 1.56. The smallest absolute Gasteiger partial charge is 0.410 e. The van der Waals surface area contributed by atoms with Crippen LogP contribution in [0.2, 0.25) is 0 Å². The van der Waals surface area contributed by atoms with Gasteiger partial charge in [-0.1, -0.05) is 0 Å². The average Bonchev–Trinajstić information content (AvgIpc) is 3.28. The van der Waals surface area contributed by atoms with Gasteiger partial charge >= 0.3 is 12.3 Å². The third-order valence-corrected chi connectivity index (χ3v) is 4.78. The first kappa shape index (κ1) is 19.2. The standard InChI is InChI=1S/C18H19F3N6O2/c1-10-24-13-7-23-15-12(3-5-22-15)14(13)16(25-10)27-6-4-11(8-27)29-17(28)26(2)9-18(19,20)21/h3,5,7,11H,4,6,8-9H2,1-2H3,(H,22,23). The Bertz CT molecular complexity index is 1070. The summed E-state index contributed by atoms with van der Waals surface area (Å²) >= 11 is 0. The summed E-state index contributed by atoms with van der Waals surface area (Å²) in [6.07, 6.45) is -2.03. The van der Waals surface area contributed by atoms with E-state index < -0.39 is 24.9 Å². The number of anilines is 1. The van der Waals surface area contributed by atoms with Crippen molar-refractivity contribution in [3.05, 3.63) is 24.3 Å². The highest BCUT2D eigenvalue weighted by Gasteiger charge is 2.34. The van der Waals surface area contributed by atoms with Gasteiger partial charge in [0.05, 0.1) is 23.6 Å². The Hall–Kier alpha value is -3.11. The van der Waals surface area contributed by atoms with Gasteiger partial charge in [-0.3, -0.25) is 0 Å². The molecule has 29 heavy (non-hydrogen) atoms. The van der Waals surface area contributed by atoms with Gasteiger partial charge < -0.3 is 19.5 Å². The highest BCUT2D eigenvalue weighted by atomic mass is 19.4. The fourth-order valence-corrected chi connectivity index (χ4v) is 3.54. The third kappa shape index (κ3) is 3.89. The second-order valence-corrected chi connectivity index (χ2v) is 7.06. The molecule has 11 heteroatoms. The Morgan fingerprint density at radius 2 is 2.21 bits per heavy atom. The van der Waals surface area contributed by atoms with E-state index in [0.29, 0.717) is 47.2 Å². The second-order valence-electron chi connectivity index (χ2n) is 7.06. The van der Waals surface area contributed by atoms with Crippen molar-refractivity contribution in [2.45, 2.75) is 25.6 Å². The minimum Gasteiger partial charge on any atom is -0.444 e. The maximum Gasteiger partial charge on any atom is 0.410 e. The average molecular weight is 408 g/mol. The maximum absolute atomic E-state index is 12.5. The lowest BCUT2D eigenvalue weighted by Crippen LogP contribution is -2.38. The molecular formula is C18H19F3N6O2. The van der Waals surface area contributed by atoms with Gasteiger partial charge in [0.1, 0.15) is 29.9 Å². The molecule has 4 heterocycles. The van der Waals surface area contributed by atoms with E-state index >= 15 is 0 Å². The molecule has 8 nitrogen and oxygen atoms in total. The van der Waals surface area contributed by atoms with Crippen molar-refractivity contribution in [3.63, 3.8) is 0 Å². The molecule has 3 aromatic heterocycles. The summed E-state index contributed by atoms with van der Waals surface area (Å²) in [5, 5.41) is 1.71. The molecule has 154 valence electrons. The van der Waals surface area contributed by atoms with Crippen molar-refractivity contribution in [2.24, 2.45) is 0 Å². The normalized spacial score (nSPS) is 17.3. The number of amides is 1. The number of nitrogens with zero attached hydrogens (tertiary/aromatic N) is 5. The van der Waals surface area contributed by atoms with Gasteiger partial charge in [-0.05, 0) is 13.0 Å². The summed E-state index contributed by atoms with van der Waals surface area (Å²) in [4.78, 5) is 30.9. The molecular weight excluding hydrogens is 389 g/mol. The van der Waals surface area contributed by atoms with Crippen LogP contribution >= 0.6 is 0 Å². The first-order valence-electron chi connectivity index (χ1n) is 9.05. The van der Waals surface area contributed by atoms with E-state index in [2.05, 4.69) is 19.9 Å². The minimum absolute atomic E-state index is 0.339. The number of rotatable bonds is 3. The van der Waals surface area contributed by atoms with Gasteiger partial charge in [0.15, 0.2) is 0 Å².